The Bertz CT molecular complexity index is 354. The summed E-state index contributed by atoms with van der Waals surface area (Å²) in [5, 5.41) is 12.8. The SMILES string of the molecule is CCCCCCCC/C=C/CCCCC1NC=C[N+]1(CC)CCO. The quantitative estimate of drug-likeness (QED) is 0.248. The van der Waals surface area contributed by atoms with Gasteiger partial charge in [0.2, 0.25) is 0 Å². The maximum Gasteiger partial charge on any atom is 0.166 e. The zero-order valence-corrected chi connectivity index (χ0v) is 16.2. The van der Waals surface area contributed by atoms with E-state index in [1.165, 1.54) is 70.6 Å². The topological polar surface area (TPSA) is 32.3 Å². The molecule has 1 aliphatic heterocycles. The number of rotatable bonds is 15. The fraction of sp³-hybridized carbons (Fsp3) is 0.810. The molecule has 0 aromatic carbocycles. The Hall–Kier alpha value is -0.800. The average Bonchev–Trinajstić information content (AvgIpc) is 2.99. The molecule has 2 unspecified atom stereocenters. The second-order valence-corrected chi connectivity index (χ2v) is 7.18. The van der Waals surface area contributed by atoms with E-state index in [1.807, 2.05) is 0 Å². The second kappa shape index (κ2) is 13.5. The maximum atomic E-state index is 9.33. The number of hydrogen-bond acceptors (Lipinski definition) is 2. The normalized spacial score (nSPS) is 23.2. The molecule has 0 aliphatic carbocycles. The highest BCUT2D eigenvalue weighted by atomic mass is 16.3. The van der Waals surface area contributed by atoms with Crippen LogP contribution < -0.4 is 5.32 Å². The van der Waals surface area contributed by atoms with E-state index in [0.29, 0.717) is 6.17 Å². The fourth-order valence-electron chi connectivity index (χ4n) is 3.67. The lowest BCUT2D eigenvalue weighted by Crippen LogP contribution is -2.54. The van der Waals surface area contributed by atoms with Crippen LogP contribution in [0.3, 0.4) is 0 Å². The maximum absolute atomic E-state index is 9.33. The van der Waals surface area contributed by atoms with Gasteiger partial charge in [0, 0.05) is 6.42 Å². The van der Waals surface area contributed by atoms with Gasteiger partial charge in [0.25, 0.3) is 0 Å². The van der Waals surface area contributed by atoms with Crippen LogP contribution >= 0.6 is 0 Å². The molecular weight excluding hydrogens is 296 g/mol. The number of quaternary nitrogens is 1. The number of aliphatic hydroxyl groups excluding tert-OH is 1. The summed E-state index contributed by atoms with van der Waals surface area (Å²) in [6.45, 7) is 6.62. The third kappa shape index (κ3) is 7.85. The number of nitrogens with one attached hydrogen (secondary N) is 1. The van der Waals surface area contributed by atoms with Gasteiger partial charge in [-0.2, -0.15) is 0 Å². The second-order valence-electron chi connectivity index (χ2n) is 7.18. The minimum Gasteiger partial charge on any atom is -0.390 e. The van der Waals surface area contributed by atoms with Crippen LogP contribution in [-0.2, 0) is 0 Å². The molecule has 0 aromatic heterocycles. The van der Waals surface area contributed by atoms with Gasteiger partial charge >= 0.3 is 0 Å². The van der Waals surface area contributed by atoms with Crippen molar-refractivity contribution < 1.29 is 9.59 Å². The first-order chi connectivity index (χ1) is 11.8. The molecule has 0 saturated heterocycles. The van der Waals surface area contributed by atoms with E-state index in [2.05, 4.69) is 43.7 Å². The van der Waals surface area contributed by atoms with Gasteiger partial charge in [-0.1, -0.05) is 51.2 Å². The molecule has 140 valence electrons. The molecule has 0 aromatic rings. The Morgan fingerprint density at radius 3 is 2.29 bits per heavy atom. The number of hydrogen-bond donors (Lipinski definition) is 2. The molecule has 0 fully saturated rings. The van der Waals surface area contributed by atoms with Crippen molar-refractivity contribution in [2.75, 3.05) is 19.7 Å². The standard InChI is InChI=1S/C21H41N2O/c1-3-5-6-7-8-9-10-11-12-13-14-15-16-21-22-17-18-23(21,4-2)19-20-24/h11-12,17-18,21-22,24H,3-10,13-16,19-20H2,1-2H3/q+1/b12-11+. The highest BCUT2D eigenvalue weighted by Crippen LogP contribution is 2.22. The zero-order chi connectivity index (χ0) is 17.5. The molecule has 3 nitrogen and oxygen atoms in total. The first-order valence-electron chi connectivity index (χ1n) is 10.3. The molecule has 3 heteroatoms. The minimum absolute atomic E-state index is 0.261. The lowest BCUT2D eigenvalue weighted by atomic mass is 10.1. The summed E-state index contributed by atoms with van der Waals surface area (Å²) < 4.78 is 0.893. The molecule has 2 atom stereocenters. The van der Waals surface area contributed by atoms with E-state index >= 15 is 0 Å². The van der Waals surface area contributed by atoms with E-state index in [0.717, 1.165) is 17.6 Å². The van der Waals surface area contributed by atoms with Crippen LogP contribution in [0.2, 0.25) is 0 Å². The van der Waals surface area contributed by atoms with Crippen LogP contribution in [0.5, 0.6) is 0 Å². The van der Waals surface area contributed by atoms with Crippen LogP contribution in [0.15, 0.2) is 24.6 Å². The van der Waals surface area contributed by atoms with Crippen LogP contribution in [0.4, 0.5) is 0 Å². The third-order valence-corrected chi connectivity index (χ3v) is 5.38. The Kier molecular flexibility index (Phi) is 11.9. The molecule has 0 radical (unpaired) electrons. The number of allylic oxidation sites excluding steroid dienone is 2. The number of likely N-dealkylation sites (N-methyl/N-ethyl adjacent to an activating group) is 1. The summed E-state index contributed by atoms with van der Waals surface area (Å²) in [5.41, 5.74) is 0. The molecule has 0 spiro atoms. The molecular formula is C21H41N2O+. The van der Waals surface area contributed by atoms with E-state index in [4.69, 9.17) is 0 Å². The van der Waals surface area contributed by atoms with Gasteiger partial charge in [0.15, 0.2) is 6.17 Å². The van der Waals surface area contributed by atoms with Crippen molar-refractivity contribution >= 4 is 0 Å². The Morgan fingerprint density at radius 1 is 0.958 bits per heavy atom. The van der Waals surface area contributed by atoms with Crippen molar-refractivity contribution in [3.63, 3.8) is 0 Å². The van der Waals surface area contributed by atoms with Gasteiger partial charge in [-0.15, -0.1) is 0 Å². The molecule has 24 heavy (non-hydrogen) atoms. The minimum atomic E-state index is 0.261. The summed E-state index contributed by atoms with van der Waals surface area (Å²) in [6.07, 6.45) is 24.0. The van der Waals surface area contributed by atoms with Crippen molar-refractivity contribution in [2.45, 2.75) is 90.6 Å². The lowest BCUT2D eigenvalue weighted by Gasteiger charge is -2.36. The molecule has 1 aliphatic rings. The highest BCUT2D eigenvalue weighted by molar-refractivity contribution is 4.85. The molecule has 1 rings (SSSR count). The average molecular weight is 338 g/mol. The molecule has 0 bridgehead atoms. The van der Waals surface area contributed by atoms with Crippen LogP contribution in [0.1, 0.15) is 84.5 Å². The van der Waals surface area contributed by atoms with Gasteiger partial charge in [-0.3, -0.25) is 4.48 Å². The largest absolute Gasteiger partial charge is 0.390 e. The number of nitrogens with zero attached hydrogens (tertiary/aromatic N) is 1. The first kappa shape index (κ1) is 21.2. The summed E-state index contributed by atoms with van der Waals surface area (Å²) in [4.78, 5) is 0. The Morgan fingerprint density at radius 2 is 1.62 bits per heavy atom. The zero-order valence-electron chi connectivity index (χ0n) is 16.2. The van der Waals surface area contributed by atoms with Crippen LogP contribution in [0, 0.1) is 0 Å². The van der Waals surface area contributed by atoms with E-state index in [1.54, 1.807) is 0 Å². The lowest BCUT2D eigenvalue weighted by molar-refractivity contribution is -0.900. The molecule has 0 saturated carbocycles. The number of unbranched alkanes of at least 4 members (excludes halogenated alkanes) is 8. The van der Waals surface area contributed by atoms with Crippen molar-refractivity contribution in [1.82, 2.24) is 5.32 Å². The van der Waals surface area contributed by atoms with E-state index < -0.39 is 0 Å². The third-order valence-electron chi connectivity index (χ3n) is 5.38. The fourth-order valence-corrected chi connectivity index (χ4v) is 3.67. The van der Waals surface area contributed by atoms with Crippen molar-refractivity contribution in [3.05, 3.63) is 24.6 Å². The predicted octanol–water partition coefficient (Wildman–Crippen LogP) is 5.08. The van der Waals surface area contributed by atoms with Gasteiger partial charge in [0.1, 0.15) is 12.7 Å². The molecule has 1 heterocycles. The van der Waals surface area contributed by atoms with Gasteiger partial charge < -0.3 is 10.4 Å². The number of aliphatic hydroxyl groups is 1. The predicted molar refractivity (Wildman–Crippen MR) is 104 cm³/mol. The summed E-state index contributed by atoms with van der Waals surface area (Å²) in [5.74, 6) is 0. The first-order valence-corrected chi connectivity index (χ1v) is 10.3. The van der Waals surface area contributed by atoms with Crippen LogP contribution in [0.25, 0.3) is 0 Å². The smallest absolute Gasteiger partial charge is 0.166 e. The van der Waals surface area contributed by atoms with Gasteiger partial charge in [-0.05, 0) is 39.0 Å². The summed E-state index contributed by atoms with van der Waals surface area (Å²) in [6, 6.07) is 0. The monoisotopic (exact) mass is 337 g/mol. The Balaban J connectivity index is 2.02. The van der Waals surface area contributed by atoms with Gasteiger partial charge in [-0.25, -0.2) is 0 Å². The Labute approximate surface area is 150 Å². The summed E-state index contributed by atoms with van der Waals surface area (Å²) >= 11 is 0. The van der Waals surface area contributed by atoms with Gasteiger partial charge in [0.05, 0.1) is 19.4 Å². The van der Waals surface area contributed by atoms with Crippen LogP contribution in [-0.4, -0.2) is 35.5 Å². The molecule has 2 N–H and O–H groups in total. The van der Waals surface area contributed by atoms with E-state index in [-0.39, 0.29) is 6.61 Å². The van der Waals surface area contributed by atoms with E-state index in [9.17, 15) is 5.11 Å². The van der Waals surface area contributed by atoms with Crippen molar-refractivity contribution in [3.8, 4) is 0 Å². The van der Waals surface area contributed by atoms with Crippen molar-refractivity contribution in [2.24, 2.45) is 0 Å². The highest BCUT2D eigenvalue weighted by Gasteiger charge is 2.35. The van der Waals surface area contributed by atoms with Crippen molar-refractivity contribution in [1.29, 1.82) is 0 Å². The summed E-state index contributed by atoms with van der Waals surface area (Å²) in [7, 11) is 0. The molecule has 0 amide bonds.